The first-order valence-corrected chi connectivity index (χ1v) is 9.95. The highest BCUT2D eigenvalue weighted by molar-refractivity contribution is 6.01. The van der Waals surface area contributed by atoms with E-state index in [1.54, 1.807) is 7.05 Å². The molecule has 2 saturated heterocycles. The fraction of sp³-hybridized carbons (Fsp3) is 0.833. The highest BCUT2D eigenvalue weighted by atomic mass is 16.5. The Morgan fingerprint density at radius 1 is 1.22 bits per heavy atom. The molecular weight excluding hydrogens is 348 g/mol. The van der Waals surface area contributed by atoms with Crippen LogP contribution in [0, 0.1) is 5.92 Å². The van der Waals surface area contributed by atoms with Gasteiger partial charge in [-0.15, -0.1) is 0 Å². The maximum Gasteiger partial charge on any atom is 0.324 e. The minimum atomic E-state index is -0.328. The monoisotopic (exact) mass is 382 g/mol. The van der Waals surface area contributed by atoms with E-state index >= 15 is 0 Å². The number of imide groups is 1. The number of nitrogens with one attached hydrogen (secondary N) is 3. The molecule has 0 aromatic carbocycles. The molecule has 0 aliphatic carbocycles. The van der Waals surface area contributed by atoms with E-state index in [4.69, 9.17) is 4.74 Å². The van der Waals surface area contributed by atoms with Crippen molar-refractivity contribution < 1.29 is 14.3 Å². The van der Waals surface area contributed by atoms with Crippen molar-refractivity contribution in [1.82, 2.24) is 25.8 Å². The van der Waals surface area contributed by atoms with Crippen LogP contribution < -0.4 is 16.0 Å². The lowest BCUT2D eigenvalue weighted by molar-refractivity contribution is -0.124. The van der Waals surface area contributed by atoms with Gasteiger partial charge in [0, 0.05) is 45.8 Å². The molecular formula is C18H34N6O3. The van der Waals surface area contributed by atoms with E-state index in [1.807, 2.05) is 0 Å². The molecule has 9 nitrogen and oxygen atoms in total. The van der Waals surface area contributed by atoms with Gasteiger partial charge in [-0.25, -0.2) is 4.79 Å². The molecule has 0 radical (unpaired) electrons. The highest BCUT2D eigenvalue weighted by Gasteiger charge is 2.28. The SMILES string of the molecule is CCC(CC)C(CNC(=NC)NCCN1C(=O)CNC1=O)N1CCOCC1. The van der Waals surface area contributed by atoms with Crippen molar-refractivity contribution in [1.29, 1.82) is 0 Å². The minimum absolute atomic E-state index is 0.0858. The van der Waals surface area contributed by atoms with Crippen LogP contribution >= 0.6 is 0 Å². The Labute approximate surface area is 161 Å². The van der Waals surface area contributed by atoms with Crippen molar-refractivity contribution in [3.8, 4) is 0 Å². The number of hydrogen-bond acceptors (Lipinski definition) is 5. The van der Waals surface area contributed by atoms with Crippen LogP contribution in [0.3, 0.4) is 0 Å². The summed E-state index contributed by atoms with van der Waals surface area (Å²) in [6.07, 6.45) is 2.27. The summed E-state index contributed by atoms with van der Waals surface area (Å²) in [4.78, 5) is 31.2. The van der Waals surface area contributed by atoms with Crippen molar-refractivity contribution >= 4 is 17.9 Å². The van der Waals surface area contributed by atoms with Crippen LogP contribution in [-0.4, -0.2) is 93.3 Å². The first-order chi connectivity index (χ1) is 13.1. The Hall–Kier alpha value is -1.87. The third-order valence-corrected chi connectivity index (χ3v) is 5.37. The van der Waals surface area contributed by atoms with Gasteiger partial charge in [-0.05, 0) is 5.92 Å². The summed E-state index contributed by atoms with van der Waals surface area (Å²) in [5.41, 5.74) is 0. The summed E-state index contributed by atoms with van der Waals surface area (Å²) in [7, 11) is 1.73. The number of guanidine groups is 1. The van der Waals surface area contributed by atoms with Gasteiger partial charge in [-0.3, -0.25) is 19.6 Å². The lowest BCUT2D eigenvalue weighted by atomic mass is 9.92. The van der Waals surface area contributed by atoms with E-state index in [2.05, 4.69) is 39.7 Å². The molecule has 0 bridgehead atoms. The first-order valence-electron chi connectivity index (χ1n) is 9.95. The molecule has 2 heterocycles. The number of carbonyl (C=O) groups excluding carboxylic acids is 2. The van der Waals surface area contributed by atoms with Crippen LogP contribution in [0.5, 0.6) is 0 Å². The summed E-state index contributed by atoms with van der Waals surface area (Å²) in [6, 6.07) is 0.0965. The van der Waals surface area contributed by atoms with Gasteiger partial charge in [0.05, 0.1) is 19.8 Å². The van der Waals surface area contributed by atoms with Crippen LogP contribution in [0.2, 0.25) is 0 Å². The molecule has 2 fully saturated rings. The average molecular weight is 383 g/mol. The maximum atomic E-state index is 11.6. The quantitative estimate of drug-likeness (QED) is 0.291. The molecule has 0 aromatic rings. The number of nitrogens with zero attached hydrogens (tertiary/aromatic N) is 3. The number of urea groups is 1. The smallest absolute Gasteiger partial charge is 0.324 e. The summed E-state index contributed by atoms with van der Waals surface area (Å²) in [6.45, 7) is 9.65. The van der Waals surface area contributed by atoms with E-state index in [1.165, 1.54) is 4.90 Å². The number of morpholine rings is 1. The van der Waals surface area contributed by atoms with Gasteiger partial charge in [0.25, 0.3) is 0 Å². The molecule has 1 atom stereocenters. The fourth-order valence-corrected chi connectivity index (χ4v) is 3.73. The molecule has 2 aliphatic rings. The molecule has 3 N–H and O–H groups in total. The van der Waals surface area contributed by atoms with E-state index in [9.17, 15) is 9.59 Å². The fourth-order valence-electron chi connectivity index (χ4n) is 3.73. The summed E-state index contributed by atoms with van der Waals surface area (Å²) < 4.78 is 5.50. The topological polar surface area (TPSA) is 98.3 Å². The summed E-state index contributed by atoms with van der Waals surface area (Å²) in [5, 5.41) is 9.13. The Morgan fingerprint density at radius 2 is 1.93 bits per heavy atom. The largest absolute Gasteiger partial charge is 0.379 e. The van der Waals surface area contributed by atoms with E-state index in [0.717, 1.165) is 45.7 Å². The van der Waals surface area contributed by atoms with Crippen LogP contribution in [0.25, 0.3) is 0 Å². The van der Waals surface area contributed by atoms with Gasteiger partial charge >= 0.3 is 6.03 Å². The molecule has 0 saturated carbocycles. The highest BCUT2D eigenvalue weighted by Crippen LogP contribution is 2.19. The third-order valence-electron chi connectivity index (χ3n) is 5.37. The molecule has 0 aromatic heterocycles. The zero-order valence-corrected chi connectivity index (χ0v) is 16.8. The van der Waals surface area contributed by atoms with Gasteiger partial charge in [-0.2, -0.15) is 0 Å². The predicted molar refractivity (Wildman–Crippen MR) is 105 cm³/mol. The second-order valence-electron chi connectivity index (χ2n) is 6.88. The first kappa shape index (κ1) is 21.4. The Bertz CT molecular complexity index is 501. The van der Waals surface area contributed by atoms with Gasteiger partial charge in [0.15, 0.2) is 5.96 Å². The van der Waals surface area contributed by atoms with Crippen molar-refractivity contribution in [3.63, 3.8) is 0 Å². The van der Waals surface area contributed by atoms with Gasteiger partial charge in [0.2, 0.25) is 5.91 Å². The molecule has 154 valence electrons. The molecule has 3 amide bonds. The molecule has 1 unspecified atom stereocenters. The number of carbonyl (C=O) groups is 2. The zero-order valence-electron chi connectivity index (χ0n) is 16.8. The van der Waals surface area contributed by atoms with Crippen molar-refractivity contribution in [2.24, 2.45) is 10.9 Å². The summed E-state index contributed by atoms with van der Waals surface area (Å²) in [5.74, 6) is 1.11. The minimum Gasteiger partial charge on any atom is -0.379 e. The number of amides is 3. The zero-order chi connectivity index (χ0) is 19.6. The van der Waals surface area contributed by atoms with Crippen molar-refractivity contribution in [2.75, 3.05) is 59.5 Å². The van der Waals surface area contributed by atoms with Crippen LogP contribution in [-0.2, 0) is 9.53 Å². The van der Waals surface area contributed by atoms with Gasteiger partial charge in [-0.1, -0.05) is 26.7 Å². The lowest BCUT2D eigenvalue weighted by Gasteiger charge is -2.39. The molecule has 27 heavy (non-hydrogen) atoms. The number of rotatable bonds is 9. The van der Waals surface area contributed by atoms with Gasteiger partial charge in [0.1, 0.15) is 0 Å². The molecule has 2 aliphatic heterocycles. The van der Waals surface area contributed by atoms with Crippen LogP contribution in [0.1, 0.15) is 26.7 Å². The predicted octanol–water partition coefficient (Wildman–Crippen LogP) is -0.160. The van der Waals surface area contributed by atoms with E-state index in [0.29, 0.717) is 31.0 Å². The second kappa shape index (κ2) is 11.1. The average Bonchev–Trinajstić information content (AvgIpc) is 3.02. The molecule has 2 rings (SSSR count). The van der Waals surface area contributed by atoms with Crippen LogP contribution in [0.15, 0.2) is 4.99 Å². The number of aliphatic imine (C=N–C) groups is 1. The maximum absolute atomic E-state index is 11.6. The third kappa shape index (κ3) is 6.07. The van der Waals surface area contributed by atoms with E-state index < -0.39 is 0 Å². The standard InChI is InChI=1S/C18H34N6O3/c1-4-14(5-2)15(23-8-10-27-11-9-23)12-21-17(19-3)20-6-7-24-16(25)13-22-18(24)26/h14-15H,4-13H2,1-3H3,(H,22,26)(H2,19,20,21). The van der Waals surface area contributed by atoms with Gasteiger partial charge < -0.3 is 20.7 Å². The Morgan fingerprint density at radius 3 is 2.48 bits per heavy atom. The Balaban J connectivity index is 1.83. The van der Waals surface area contributed by atoms with Crippen molar-refractivity contribution in [2.45, 2.75) is 32.7 Å². The molecule has 0 spiro atoms. The lowest BCUT2D eigenvalue weighted by Crippen LogP contribution is -2.53. The van der Waals surface area contributed by atoms with Crippen LogP contribution in [0.4, 0.5) is 4.79 Å². The van der Waals surface area contributed by atoms with Crippen molar-refractivity contribution in [3.05, 3.63) is 0 Å². The number of ether oxygens (including phenoxy) is 1. The second-order valence-corrected chi connectivity index (χ2v) is 6.88. The summed E-state index contributed by atoms with van der Waals surface area (Å²) >= 11 is 0. The molecule has 9 heteroatoms. The Kier molecular flexibility index (Phi) is 8.80. The van der Waals surface area contributed by atoms with E-state index in [-0.39, 0.29) is 18.5 Å². The normalized spacial score (nSPS) is 20.1. The number of hydrogen-bond donors (Lipinski definition) is 3.